The molecule has 6 heteroatoms. The van der Waals surface area contributed by atoms with Gasteiger partial charge in [-0.1, -0.05) is 17.7 Å². The first-order valence-corrected chi connectivity index (χ1v) is 9.28. The lowest BCUT2D eigenvalue weighted by Gasteiger charge is -2.18. The molecular formula is C23H24N2O4. The highest BCUT2D eigenvalue weighted by Crippen LogP contribution is 2.31. The number of benzene rings is 2. The third-order valence-electron chi connectivity index (χ3n) is 4.58. The number of carbonyl (C=O) groups is 1. The Morgan fingerprint density at radius 2 is 1.86 bits per heavy atom. The second-order valence-corrected chi connectivity index (χ2v) is 6.77. The lowest BCUT2D eigenvalue weighted by Crippen LogP contribution is -2.26. The molecule has 2 N–H and O–H groups in total. The quantitative estimate of drug-likeness (QED) is 0.631. The summed E-state index contributed by atoms with van der Waals surface area (Å²) in [4.78, 5) is 16.5. The van der Waals surface area contributed by atoms with Crippen LogP contribution < -0.4 is 14.8 Å². The van der Waals surface area contributed by atoms with E-state index in [1.165, 1.54) is 6.07 Å². The molecule has 0 saturated heterocycles. The second-order valence-electron chi connectivity index (χ2n) is 6.77. The smallest absolute Gasteiger partial charge is 0.255 e. The van der Waals surface area contributed by atoms with Crippen molar-refractivity contribution in [2.24, 2.45) is 0 Å². The molecule has 0 aliphatic rings. The van der Waals surface area contributed by atoms with Crippen molar-refractivity contribution < 1.29 is 19.4 Å². The summed E-state index contributed by atoms with van der Waals surface area (Å²) < 4.78 is 11.3. The molecule has 150 valence electrons. The zero-order valence-corrected chi connectivity index (χ0v) is 16.7. The predicted molar refractivity (Wildman–Crippen MR) is 110 cm³/mol. The fourth-order valence-corrected chi connectivity index (χ4v) is 2.90. The number of ether oxygens (including phenoxy) is 2. The van der Waals surface area contributed by atoms with Gasteiger partial charge in [0.1, 0.15) is 12.4 Å². The van der Waals surface area contributed by atoms with E-state index in [0.29, 0.717) is 18.1 Å². The van der Waals surface area contributed by atoms with Crippen LogP contribution in [0, 0.1) is 6.92 Å². The number of rotatable bonds is 7. The van der Waals surface area contributed by atoms with E-state index in [0.717, 1.165) is 16.7 Å². The van der Waals surface area contributed by atoms with Crippen molar-refractivity contribution >= 4 is 5.91 Å². The van der Waals surface area contributed by atoms with Gasteiger partial charge in [-0.05, 0) is 61.4 Å². The van der Waals surface area contributed by atoms with Gasteiger partial charge in [0, 0.05) is 12.4 Å². The maximum Gasteiger partial charge on any atom is 0.255 e. The minimum atomic E-state index is -0.337. The molecule has 3 rings (SSSR count). The minimum Gasteiger partial charge on any atom is -0.507 e. The Hall–Kier alpha value is -3.54. The van der Waals surface area contributed by atoms with Crippen molar-refractivity contribution in [3.8, 4) is 17.2 Å². The zero-order chi connectivity index (χ0) is 20.8. The Morgan fingerprint density at radius 1 is 1.10 bits per heavy atom. The number of amides is 1. The predicted octanol–water partition coefficient (Wildman–Crippen LogP) is 4.17. The van der Waals surface area contributed by atoms with Crippen LogP contribution in [0.25, 0.3) is 0 Å². The van der Waals surface area contributed by atoms with Gasteiger partial charge in [0.15, 0.2) is 11.5 Å². The van der Waals surface area contributed by atoms with Crippen LogP contribution in [0.4, 0.5) is 0 Å². The van der Waals surface area contributed by atoms with Gasteiger partial charge in [-0.2, -0.15) is 0 Å². The number of aromatic nitrogens is 1. The molecule has 0 radical (unpaired) electrons. The van der Waals surface area contributed by atoms with E-state index in [-0.39, 0.29) is 23.3 Å². The normalized spacial score (nSPS) is 11.6. The third-order valence-corrected chi connectivity index (χ3v) is 4.58. The van der Waals surface area contributed by atoms with Crippen LogP contribution in [0.2, 0.25) is 0 Å². The van der Waals surface area contributed by atoms with Crippen LogP contribution in [0.1, 0.15) is 40.0 Å². The van der Waals surface area contributed by atoms with Gasteiger partial charge in [0.2, 0.25) is 0 Å². The summed E-state index contributed by atoms with van der Waals surface area (Å²) in [5.74, 6) is 0.812. The first-order valence-electron chi connectivity index (χ1n) is 9.28. The highest BCUT2D eigenvalue weighted by Gasteiger charge is 2.16. The van der Waals surface area contributed by atoms with Crippen molar-refractivity contribution in [3.63, 3.8) is 0 Å². The van der Waals surface area contributed by atoms with Crippen LogP contribution in [0.15, 0.2) is 60.9 Å². The Bertz CT molecular complexity index is 989. The molecule has 0 aliphatic heterocycles. The molecule has 0 spiro atoms. The topological polar surface area (TPSA) is 80.7 Å². The number of methoxy groups -OCH3 is 1. The number of phenolic OH excluding ortho intramolecular Hbond substituents is 1. The highest BCUT2D eigenvalue weighted by molar-refractivity contribution is 5.97. The summed E-state index contributed by atoms with van der Waals surface area (Å²) >= 11 is 0. The maximum absolute atomic E-state index is 12.6. The lowest BCUT2D eigenvalue weighted by molar-refractivity contribution is 0.0937. The number of hydrogen-bond donors (Lipinski definition) is 2. The van der Waals surface area contributed by atoms with Crippen molar-refractivity contribution in [1.29, 1.82) is 0 Å². The fourth-order valence-electron chi connectivity index (χ4n) is 2.90. The SMILES string of the molecule is COc1cc(C(C)NC(=O)c2cc(C)ccc2O)ccc1OCc1ccncc1. The van der Waals surface area contributed by atoms with E-state index >= 15 is 0 Å². The van der Waals surface area contributed by atoms with Gasteiger partial charge in [0.25, 0.3) is 5.91 Å². The van der Waals surface area contributed by atoms with Crippen LogP contribution in [0.3, 0.4) is 0 Å². The molecule has 1 heterocycles. The molecule has 1 aromatic heterocycles. The van der Waals surface area contributed by atoms with Crippen molar-refractivity contribution in [1.82, 2.24) is 10.3 Å². The van der Waals surface area contributed by atoms with E-state index in [1.54, 1.807) is 31.6 Å². The summed E-state index contributed by atoms with van der Waals surface area (Å²) in [6.45, 7) is 4.14. The number of hydrogen-bond acceptors (Lipinski definition) is 5. The Balaban J connectivity index is 1.71. The lowest BCUT2D eigenvalue weighted by atomic mass is 10.1. The van der Waals surface area contributed by atoms with Crippen molar-refractivity contribution in [3.05, 3.63) is 83.2 Å². The Kier molecular flexibility index (Phi) is 6.34. The number of phenols is 1. The second kappa shape index (κ2) is 9.10. The monoisotopic (exact) mass is 392 g/mol. The molecule has 1 atom stereocenters. The molecule has 0 bridgehead atoms. The number of carbonyl (C=O) groups excluding carboxylic acids is 1. The molecule has 0 saturated carbocycles. The summed E-state index contributed by atoms with van der Waals surface area (Å²) in [6.07, 6.45) is 3.44. The van der Waals surface area contributed by atoms with Gasteiger partial charge in [-0.15, -0.1) is 0 Å². The first-order chi connectivity index (χ1) is 14.0. The summed E-state index contributed by atoms with van der Waals surface area (Å²) in [7, 11) is 1.58. The molecule has 0 aliphatic carbocycles. The summed E-state index contributed by atoms with van der Waals surface area (Å²) in [5, 5.41) is 12.9. The van der Waals surface area contributed by atoms with Crippen LogP contribution >= 0.6 is 0 Å². The van der Waals surface area contributed by atoms with Crippen LogP contribution in [0.5, 0.6) is 17.2 Å². The standard InChI is InChI=1S/C23H24N2O4/c1-15-4-6-20(26)19(12-15)23(27)25-16(2)18-5-7-21(22(13-18)28-3)29-14-17-8-10-24-11-9-17/h4-13,16,26H,14H2,1-3H3,(H,25,27). The number of pyridine rings is 1. The van der Waals surface area contributed by atoms with E-state index in [1.807, 2.05) is 44.2 Å². The van der Waals surface area contributed by atoms with E-state index < -0.39 is 0 Å². The zero-order valence-electron chi connectivity index (χ0n) is 16.7. The van der Waals surface area contributed by atoms with E-state index in [9.17, 15) is 9.90 Å². The van der Waals surface area contributed by atoms with Gasteiger partial charge in [-0.25, -0.2) is 0 Å². The Morgan fingerprint density at radius 3 is 2.59 bits per heavy atom. The van der Waals surface area contributed by atoms with Crippen molar-refractivity contribution in [2.45, 2.75) is 26.5 Å². The molecule has 29 heavy (non-hydrogen) atoms. The average molecular weight is 392 g/mol. The molecule has 2 aromatic carbocycles. The minimum absolute atomic E-state index is 0.0438. The third kappa shape index (κ3) is 5.04. The Labute approximate surface area is 170 Å². The fraction of sp³-hybridized carbons (Fsp3) is 0.217. The molecule has 3 aromatic rings. The largest absolute Gasteiger partial charge is 0.507 e. The number of aryl methyl sites for hydroxylation is 1. The molecule has 1 unspecified atom stereocenters. The molecular weight excluding hydrogens is 368 g/mol. The van der Waals surface area contributed by atoms with Gasteiger partial charge >= 0.3 is 0 Å². The molecule has 1 amide bonds. The number of nitrogens with zero attached hydrogens (tertiary/aromatic N) is 1. The van der Waals surface area contributed by atoms with Gasteiger partial charge in [-0.3, -0.25) is 9.78 Å². The first kappa shape index (κ1) is 20.2. The van der Waals surface area contributed by atoms with Gasteiger partial charge in [0.05, 0.1) is 18.7 Å². The maximum atomic E-state index is 12.6. The number of aromatic hydroxyl groups is 1. The molecule has 0 fully saturated rings. The average Bonchev–Trinajstić information content (AvgIpc) is 2.74. The van der Waals surface area contributed by atoms with Crippen LogP contribution in [-0.4, -0.2) is 23.1 Å². The molecule has 6 nitrogen and oxygen atoms in total. The summed E-state index contributed by atoms with van der Waals surface area (Å²) in [5.41, 5.74) is 3.02. The summed E-state index contributed by atoms with van der Waals surface area (Å²) in [6, 6.07) is 14.0. The van der Waals surface area contributed by atoms with Crippen molar-refractivity contribution in [2.75, 3.05) is 7.11 Å². The van der Waals surface area contributed by atoms with Crippen LogP contribution in [-0.2, 0) is 6.61 Å². The van der Waals surface area contributed by atoms with Gasteiger partial charge < -0.3 is 19.9 Å². The van der Waals surface area contributed by atoms with E-state index in [4.69, 9.17) is 9.47 Å². The number of nitrogens with one attached hydrogen (secondary N) is 1. The highest BCUT2D eigenvalue weighted by atomic mass is 16.5. The van der Waals surface area contributed by atoms with E-state index in [2.05, 4.69) is 10.3 Å².